The molecule has 1 rings (SSSR count). The van der Waals surface area contributed by atoms with Gasteiger partial charge in [0.15, 0.2) is 6.04 Å². The van der Waals surface area contributed by atoms with Gasteiger partial charge in [-0.1, -0.05) is 34.1 Å². The molecule has 0 radical (unpaired) electrons. The normalized spacial score (nSPS) is 11.7. The molecule has 0 aromatic heterocycles. The summed E-state index contributed by atoms with van der Waals surface area (Å²) in [6.07, 6.45) is 0. The van der Waals surface area contributed by atoms with Crippen molar-refractivity contribution >= 4 is 27.9 Å². The second kappa shape index (κ2) is 6.97. The minimum absolute atomic E-state index is 0.255. The first-order valence-corrected chi connectivity index (χ1v) is 5.95. The molecule has 0 fully saturated rings. The van der Waals surface area contributed by atoms with Crippen LogP contribution < -0.4 is 10.6 Å². The highest BCUT2D eigenvalue weighted by molar-refractivity contribution is 9.10. The summed E-state index contributed by atoms with van der Waals surface area (Å²) in [7, 11) is 0. The standard InChI is InChI=1S/C11H13BrN2O4/c12-8-4-2-1-3-7(8)5-13-11(18)14-9(6-15)10(16)17/h1-4,9,15H,5-6H2,(H,16,17)(H2,13,14,18)/t9-/m1/s1. The van der Waals surface area contributed by atoms with Crippen LogP contribution in [0.3, 0.4) is 0 Å². The van der Waals surface area contributed by atoms with Crippen LogP contribution in [0.15, 0.2) is 28.7 Å². The van der Waals surface area contributed by atoms with E-state index < -0.39 is 24.6 Å². The van der Waals surface area contributed by atoms with Crippen LogP contribution in [0.2, 0.25) is 0 Å². The molecule has 0 heterocycles. The van der Waals surface area contributed by atoms with E-state index in [2.05, 4.69) is 26.6 Å². The summed E-state index contributed by atoms with van der Waals surface area (Å²) in [6, 6.07) is 5.39. The number of carbonyl (C=O) groups excluding carboxylic acids is 1. The Balaban J connectivity index is 2.47. The number of benzene rings is 1. The zero-order valence-electron chi connectivity index (χ0n) is 9.39. The molecule has 0 aliphatic rings. The average molecular weight is 317 g/mol. The summed E-state index contributed by atoms with van der Waals surface area (Å²) >= 11 is 3.33. The number of nitrogens with one attached hydrogen (secondary N) is 2. The number of rotatable bonds is 5. The monoisotopic (exact) mass is 316 g/mol. The quantitative estimate of drug-likeness (QED) is 0.642. The molecule has 2 amide bonds. The Morgan fingerprint density at radius 3 is 2.56 bits per heavy atom. The van der Waals surface area contributed by atoms with Gasteiger partial charge in [0, 0.05) is 11.0 Å². The molecule has 1 atom stereocenters. The second-order valence-corrected chi connectivity index (χ2v) is 4.35. The maximum atomic E-state index is 11.4. The lowest BCUT2D eigenvalue weighted by Gasteiger charge is -2.13. The Bertz CT molecular complexity index is 439. The Labute approximate surface area is 112 Å². The molecular weight excluding hydrogens is 304 g/mol. The zero-order valence-corrected chi connectivity index (χ0v) is 11.0. The second-order valence-electron chi connectivity index (χ2n) is 3.49. The molecule has 1 aromatic carbocycles. The van der Waals surface area contributed by atoms with Crippen molar-refractivity contribution < 1.29 is 19.8 Å². The van der Waals surface area contributed by atoms with Gasteiger partial charge in [-0.3, -0.25) is 0 Å². The first kappa shape index (κ1) is 14.5. The predicted molar refractivity (Wildman–Crippen MR) is 68.0 cm³/mol. The van der Waals surface area contributed by atoms with E-state index in [-0.39, 0.29) is 6.54 Å². The zero-order chi connectivity index (χ0) is 13.5. The molecular formula is C11H13BrN2O4. The van der Waals surface area contributed by atoms with Crippen LogP contribution in [0.1, 0.15) is 5.56 Å². The SMILES string of the molecule is O=C(NCc1ccccc1Br)N[C@H](CO)C(=O)O. The van der Waals surface area contributed by atoms with E-state index in [0.29, 0.717) is 0 Å². The predicted octanol–water partition coefficient (Wildman–Crippen LogP) is 0.694. The highest BCUT2D eigenvalue weighted by Gasteiger charge is 2.18. The number of carbonyl (C=O) groups is 2. The number of carboxylic acids is 1. The Hall–Kier alpha value is -1.60. The van der Waals surface area contributed by atoms with Crippen molar-refractivity contribution in [2.45, 2.75) is 12.6 Å². The fourth-order valence-electron chi connectivity index (χ4n) is 1.21. The molecule has 0 saturated heterocycles. The number of hydrogen-bond acceptors (Lipinski definition) is 3. The minimum Gasteiger partial charge on any atom is -0.480 e. The number of amides is 2. The molecule has 0 saturated carbocycles. The van der Waals surface area contributed by atoms with Crippen LogP contribution in [0.25, 0.3) is 0 Å². The number of halogens is 1. The molecule has 4 N–H and O–H groups in total. The van der Waals surface area contributed by atoms with Gasteiger partial charge in [0.25, 0.3) is 0 Å². The van der Waals surface area contributed by atoms with E-state index in [1.54, 1.807) is 0 Å². The third kappa shape index (κ3) is 4.34. The van der Waals surface area contributed by atoms with Gasteiger partial charge < -0.3 is 20.8 Å². The lowest BCUT2D eigenvalue weighted by atomic mass is 10.2. The van der Waals surface area contributed by atoms with Gasteiger partial charge in [-0.05, 0) is 11.6 Å². The van der Waals surface area contributed by atoms with Crippen LogP contribution in [0, 0.1) is 0 Å². The highest BCUT2D eigenvalue weighted by atomic mass is 79.9. The molecule has 0 unspecified atom stereocenters. The molecule has 18 heavy (non-hydrogen) atoms. The topological polar surface area (TPSA) is 98.7 Å². The molecule has 6 nitrogen and oxygen atoms in total. The minimum atomic E-state index is -1.30. The summed E-state index contributed by atoms with van der Waals surface area (Å²) in [5, 5.41) is 22.0. The third-order valence-electron chi connectivity index (χ3n) is 2.18. The van der Waals surface area contributed by atoms with Gasteiger partial charge >= 0.3 is 12.0 Å². The van der Waals surface area contributed by atoms with Crippen LogP contribution in [-0.2, 0) is 11.3 Å². The molecule has 0 aliphatic heterocycles. The molecule has 98 valence electrons. The summed E-state index contributed by atoms with van der Waals surface area (Å²) in [4.78, 5) is 22.0. The van der Waals surface area contributed by atoms with E-state index in [1.165, 1.54) is 0 Å². The number of aliphatic hydroxyl groups is 1. The smallest absolute Gasteiger partial charge is 0.328 e. The fourth-order valence-corrected chi connectivity index (χ4v) is 1.64. The van der Waals surface area contributed by atoms with Crippen LogP contribution in [0.5, 0.6) is 0 Å². The van der Waals surface area contributed by atoms with E-state index >= 15 is 0 Å². The van der Waals surface area contributed by atoms with Crippen molar-refractivity contribution in [3.05, 3.63) is 34.3 Å². The lowest BCUT2D eigenvalue weighted by Crippen LogP contribution is -2.47. The number of aliphatic hydroxyl groups excluding tert-OH is 1. The number of hydrogen-bond donors (Lipinski definition) is 4. The van der Waals surface area contributed by atoms with Crippen LogP contribution in [-0.4, -0.2) is 34.9 Å². The van der Waals surface area contributed by atoms with E-state index in [4.69, 9.17) is 10.2 Å². The maximum absolute atomic E-state index is 11.4. The van der Waals surface area contributed by atoms with Gasteiger partial charge in [-0.25, -0.2) is 9.59 Å². The maximum Gasteiger partial charge on any atom is 0.328 e. The van der Waals surface area contributed by atoms with Gasteiger partial charge in [0.05, 0.1) is 6.61 Å². The third-order valence-corrected chi connectivity index (χ3v) is 2.96. The molecule has 1 aromatic rings. The Morgan fingerprint density at radius 2 is 2.00 bits per heavy atom. The largest absolute Gasteiger partial charge is 0.480 e. The molecule has 0 spiro atoms. The first-order chi connectivity index (χ1) is 8.54. The lowest BCUT2D eigenvalue weighted by molar-refractivity contribution is -0.140. The van der Waals surface area contributed by atoms with Crippen molar-refractivity contribution in [1.82, 2.24) is 10.6 Å². The average Bonchev–Trinajstić information content (AvgIpc) is 2.34. The Morgan fingerprint density at radius 1 is 1.33 bits per heavy atom. The van der Waals surface area contributed by atoms with Crippen LogP contribution >= 0.6 is 15.9 Å². The molecule has 0 bridgehead atoms. The summed E-state index contributed by atoms with van der Waals surface area (Å²) in [5.74, 6) is -1.28. The first-order valence-electron chi connectivity index (χ1n) is 5.16. The van der Waals surface area contributed by atoms with Crippen molar-refractivity contribution in [3.63, 3.8) is 0 Å². The van der Waals surface area contributed by atoms with E-state index in [0.717, 1.165) is 10.0 Å². The van der Waals surface area contributed by atoms with E-state index in [9.17, 15) is 9.59 Å². The van der Waals surface area contributed by atoms with Gasteiger partial charge in [-0.15, -0.1) is 0 Å². The van der Waals surface area contributed by atoms with Crippen molar-refractivity contribution in [1.29, 1.82) is 0 Å². The highest BCUT2D eigenvalue weighted by Crippen LogP contribution is 2.15. The van der Waals surface area contributed by atoms with Gasteiger partial charge in [0.2, 0.25) is 0 Å². The van der Waals surface area contributed by atoms with Gasteiger partial charge in [0.1, 0.15) is 0 Å². The van der Waals surface area contributed by atoms with Crippen molar-refractivity contribution in [2.75, 3.05) is 6.61 Å². The number of urea groups is 1. The van der Waals surface area contributed by atoms with Crippen LogP contribution in [0.4, 0.5) is 4.79 Å². The Kier molecular flexibility index (Phi) is 5.60. The summed E-state index contributed by atoms with van der Waals surface area (Å²) < 4.78 is 0.849. The number of carboxylic acid groups (broad SMARTS) is 1. The van der Waals surface area contributed by atoms with Crippen molar-refractivity contribution in [3.8, 4) is 0 Å². The molecule has 7 heteroatoms. The molecule has 0 aliphatic carbocycles. The summed E-state index contributed by atoms with van der Waals surface area (Å²) in [6.45, 7) is -0.400. The van der Waals surface area contributed by atoms with Crippen molar-refractivity contribution in [2.24, 2.45) is 0 Å². The van der Waals surface area contributed by atoms with Gasteiger partial charge in [-0.2, -0.15) is 0 Å². The van der Waals surface area contributed by atoms with E-state index in [1.807, 2.05) is 24.3 Å². The fraction of sp³-hybridized carbons (Fsp3) is 0.273. The number of aliphatic carboxylic acids is 1. The summed E-state index contributed by atoms with van der Waals surface area (Å²) in [5.41, 5.74) is 0.864.